The zero-order valence-electron chi connectivity index (χ0n) is 10.9. The number of rotatable bonds is 7. The zero-order chi connectivity index (χ0) is 12.7. The molecule has 0 spiro atoms. The van der Waals surface area contributed by atoms with E-state index in [1.807, 2.05) is 6.07 Å². The highest BCUT2D eigenvalue weighted by Crippen LogP contribution is 2.29. The molecular weight excluding hydrogens is 214 g/mol. The molecule has 1 unspecified atom stereocenters. The van der Waals surface area contributed by atoms with E-state index in [1.54, 1.807) is 19.5 Å². The molecule has 0 radical (unpaired) electrons. The number of aromatic nitrogens is 1. The van der Waals surface area contributed by atoms with E-state index in [4.69, 9.17) is 10.6 Å². The van der Waals surface area contributed by atoms with Gasteiger partial charge in [0.1, 0.15) is 5.75 Å². The van der Waals surface area contributed by atoms with Gasteiger partial charge in [0.15, 0.2) is 0 Å². The summed E-state index contributed by atoms with van der Waals surface area (Å²) in [6, 6.07) is 2.09. The number of hydrogen-bond acceptors (Lipinski definition) is 4. The predicted octanol–water partition coefficient (Wildman–Crippen LogP) is 2.42. The summed E-state index contributed by atoms with van der Waals surface area (Å²) in [5.74, 6) is 7.13. The van der Waals surface area contributed by atoms with E-state index < -0.39 is 0 Å². The predicted molar refractivity (Wildman–Crippen MR) is 69.5 cm³/mol. The van der Waals surface area contributed by atoms with Gasteiger partial charge in [-0.25, -0.2) is 0 Å². The molecule has 3 N–H and O–H groups in total. The van der Waals surface area contributed by atoms with Gasteiger partial charge in [-0.3, -0.25) is 16.3 Å². The van der Waals surface area contributed by atoms with Crippen molar-refractivity contribution < 1.29 is 4.74 Å². The van der Waals surface area contributed by atoms with Crippen molar-refractivity contribution in [3.8, 4) is 5.75 Å². The van der Waals surface area contributed by atoms with Crippen molar-refractivity contribution in [3.05, 3.63) is 24.0 Å². The van der Waals surface area contributed by atoms with Crippen molar-refractivity contribution in [1.29, 1.82) is 0 Å². The highest BCUT2D eigenvalue weighted by Gasteiger charge is 2.18. The lowest BCUT2D eigenvalue weighted by Crippen LogP contribution is -2.30. The van der Waals surface area contributed by atoms with E-state index in [0.29, 0.717) is 5.92 Å². The molecule has 0 aliphatic heterocycles. The Labute approximate surface area is 104 Å². The van der Waals surface area contributed by atoms with Gasteiger partial charge in [0.25, 0.3) is 0 Å². The van der Waals surface area contributed by atoms with Crippen molar-refractivity contribution in [1.82, 2.24) is 10.4 Å². The Balaban J connectivity index is 2.85. The van der Waals surface area contributed by atoms with Gasteiger partial charge in [0.2, 0.25) is 0 Å². The second-order valence-electron chi connectivity index (χ2n) is 4.26. The number of ether oxygens (including phenoxy) is 1. The van der Waals surface area contributed by atoms with Crippen molar-refractivity contribution in [2.24, 2.45) is 11.8 Å². The van der Waals surface area contributed by atoms with Gasteiger partial charge < -0.3 is 4.74 Å². The van der Waals surface area contributed by atoms with Crippen LogP contribution in [-0.2, 0) is 0 Å². The van der Waals surface area contributed by atoms with Gasteiger partial charge in [0, 0.05) is 17.8 Å². The van der Waals surface area contributed by atoms with Crippen molar-refractivity contribution in [3.63, 3.8) is 0 Å². The molecule has 0 aliphatic carbocycles. The minimum absolute atomic E-state index is 0.123. The van der Waals surface area contributed by atoms with Crippen LogP contribution in [0.1, 0.15) is 44.7 Å². The van der Waals surface area contributed by atoms with Crippen molar-refractivity contribution >= 4 is 0 Å². The molecule has 17 heavy (non-hydrogen) atoms. The Kier molecular flexibility index (Phi) is 5.94. The van der Waals surface area contributed by atoms with E-state index in [2.05, 4.69) is 24.3 Å². The molecule has 0 saturated carbocycles. The normalized spacial score (nSPS) is 12.8. The lowest BCUT2D eigenvalue weighted by molar-refractivity contribution is 0.355. The van der Waals surface area contributed by atoms with Gasteiger partial charge in [-0.1, -0.05) is 26.7 Å². The molecule has 1 rings (SSSR count). The molecule has 0 fully saturated rings. The number of nitrogens with zero attached hydrogens (tertiary/aromatic N) is 1. The van der Waals surface area contributed by atoms with Crippen LogP contribution in [-0.4, -0.2) is 12.1 Å². The van der Waals surface area contributed by atoms with Gasteiger partial charge in [-0.15, -0.1) is 0 Å². The van der Waals surface area contributed by atoms with Crippen LogP contribution in [0.25, 0.3) is 0 Å². The molecule has 1 aromatic rings. The van der Waals surface area contributed by atoms with E-state index in [9.17, 15) is 0 Å². The summed E-state index contributed by atoms with van der Waals surface area (Å²) in [5.41, 5.74) is 3.96. The van der Waals surface area contributed by atoms with E-state index in [1.165, 1.54) is 12.8 Å². The fraction of sp³-hybridized carbons (Fsp3) is 0.615. The number of pyridine rings is 1. The summed E-state index contributed by atoms with van der Waals surface area (Å²) < 4.78 is 5.32. The average molecular weight is 237 g/mol. The topological polar surface area (TPSA) is 60.2 Å². The first kappa shape index (κ1) is 13.9. The molecule has 0 amide bonds. The van der Waals surface area contributed by atoms with E-state index in [-0.39, 0.29) is 6.04 Å². The minimum atomic E-state index is 0.123. The first-order valence-electron chi connectivity index (χ1n) is 6.20. The number of nitrogens with two attached hydrogens (primary N) is 1. The van der Waals surface area contributed by atoms with Crippen LogP contribution >= 0.6 is 0 Å². The van der Waals surface area contributed by atoms with E-state index >= 15 is 0 Å². The van der Waals surface area contributed by atoms with Crippen LogP contribution in [0.15, 0.2) is 18.5 Å². The maximum absolute atomic E-state index is 5.66. The Morgan fingerprint density at radius 2 is 2.12 bits per heavy atom. The Hall–Kier alpha value is -1.13. The smallest absolute Gasteiger partial charge is 0.141 e. The molecule has 0 aromatic carbocycles. The summed E-state index contributed by atoms with van der Waals surface area (Å²) in [6.07, 6.45) is 6.86. The van der Waals surface area contributed by atoms with Crippen LogP contribution in [0.2, 0.25) is 0 Å². The molecule has 4 nitrogen and oxygen atoms in total. The number of hydrazine groups is 1. The molecule has 0 aliphatic rings. The lowest BCUT2D eigenvalue weighted by Gasteiger charge is -2.22. The zero-order valence-corrected chi connectivity index (χ0v) is 10.9. The number of methoxy groups -OCH3 is 1. The number of nitrogens with one attached hydrogen (secondary N) is 1. The summed E-state index contributed by atoms with van der Waals surface area (Å²) >= 11 is 0. The minimum Gasteiger partial charge on any atom is -0.495 e. The molecule has 0 saturated heterocycles. The van der Waals surface area contributed by atoms with Crippen LogP contribution in [0, 0.1) is 5.92 Å². The average Bonchev–Trinajstić information content (AvgIpc) is 2.40. The number of hydrogen-bond donors (Lipinski definition) is 2. The van der Waals surface area contributed by atoms with Gasteiger partial charge >= 0.3 is 0 Å². The summed E-state index contributed by atoms with van der Waals surface area (Å²) in [6.45, 7) is 4.43. The highest BCUT2D eigenvalue weighted by atomic mass is 16.5. The molecule has 1 atom stereocenters. The van der Waals surface area contributed by atoms with E-state index in [0.717, 1.165) is 17.7 Å². The Morgan fingerprint density at radius 3 is 2.65 bits per heavy atom. The standard InChI is InChI=1S/C13H23N3O/c1-4-10(5-2)8-12(16-14)11-6-7-15-9-13(11)17-3/h6-7,9-10,12,16H,4-5,8,14H2,1-3H3. The fourth-order valence-corrected chi connectivity index (χ4v) is 2.09. The molecular formula is C13H23N3O. The summed E-state index contributed by atoms with van der Waals surface area (Å²) in [4.78, 5) is 4.06. The largest absolute Gasteiger partial charge is 0.495 e. The van der Waals surface area contributed by atoms with Gasteiger partial charge in [-0.05, 0) is 18.4 Å². The molecule has 0 bridgehead atoms. The van der Waals surface area contributed by atoms with Gasteiger partial charge in [0.05, 0.1) is 13.3 Å². The molecule has 4 heteroatoms. The van der Waals surface area contributed by atoms with Crippen LogP contribution in [0.3, 0.4) is 0 Å². The summed E-state index contributed by atoms with van der Waals surface area (Å²) in [5, 5.41) is 0. The third-order valence-electron chi connectivity index (χ3n) is 3.34. The molecule has 96 valence electrons. The first-order chi connectivity index (χ1) is 8.26. The third kappa shape index (κ3) is 3.68. The second kappa shape index (κ2) is 7.25. The second-order valence-corrected chi connectivity index (χ2v) is 4.26. The maximum atomic E-state index is 5.66. The SMILES string of the molecule is CCC(CC)CC(NN)c1ccncc1OC. The quantitative estimate of drug-likeness (QED) is 0.565. The van der Waals surface area contributed by atoms with Crippen LogP contribution in [0.5, 0.6) is 5.75 Å². The first-order valence-corrected chi connectivity index (χ1v) is 6.20. The highest BCUT2D eigenvalue weighted by molar-refractivity contribution is 5.32. The van der Waals surface area contributed by atoms with Crippen molar-refractivity contribution in [2.45, 2.75) is 39.2 Å². The lowest BCUT2D eigenvalue weighted by atomic mass is 9.91. The molecule has 1 aromatic heterocycles. The fourth-order valence-electron chi connectivity index (χ4n) is 2.09. The molecule has 1 heterocycles. The Morgan fingerprint density at radius 1 is 1.41 bits per heavy atom. The third-order valence-corrected chi connectivity index (χ3v) is 3.34. The van der Waals surface area contributed by atoms with Gasteiger partial charge in [-0.2, -0.15) is 0 Å². The van der Waals surface area contributed by atoms with Crippen LogP contribution < -0.4 is 16.0 Å². The Bertz CT molecular complexity index is 326. The summed E-state index contributed by atoms with van der Waals surface area (Å²) in [7, 11) is 1.66. The maximum Gasteiger partial charge on any atom is 0.141 e. The monoisotopic (exact) mass is 237 g/mol. The van der Waals surface area contributed by atoms with Crippen LogP contribution in [0.4, 0.5) is 0 Å². The van der Waals surface area contributed by atoms with Crippen molar-refractivity contribution in [2.75, 3.05) is 7.11 Å².